The predicted molar refractivity (Wildman–Crippen MR) is 79.2 cm³/mol. The average Bonchev–Trinajstić information content (AvgIpc) is 3.05. The first-order valence-electron chi connectivity index (χ1n) is 8.76. The molecule has 19 heavy (non-hydrogen) atoms. The highest BCUT2D eigenvalue weighted by molar-refractivity contribution is 5.03. The minimum absolute atomic E-state index is 0.0498. The molecule has 1 N–H and O–H groups in total. The maximum absolute atomic E-state index is 11.2. The first-order chi connectivity index (χ1) is 9.33. The summed E-state index contributed by atoms with van der Waals surface area (Å²) in [6, 6.07) is 0. The number of rotatable bonds is 3. The molecule has 0 radical (unpaired) electrons. The molecule has 2 nitrogen and oxygen atoms in total. The number of hydrogen-bond acceptors (Lipinski definition) is 2. The molecule has 0 aromatic carbocycles. The summed E-state index contributed by atoms with van der Waals surface area (Å²) in [7, 11) is 0. The van der Waals surface area contributed by atoms with Crippen LogP contribution < -0.4 is 0 Å². The van der Waals surface area contributed by atoms with Gasteiger partial charge in [-0.2, -0.15) is 0 Å². The zero-order chi connectivity index (χ0) is 13.1. The van der Waals surface area contributed by atoms with Gasteiger partial charge in [-0.05, 0) is 57.5 Å². The Morgan fingerprint density at radius 2 is 1.37 bits per heavy atom. The van der Waals surface area contributed by atoms with Crippen molar-refractivity contribution >= 4 is 0 Å². The molecule has 0 bridgehead atoms. The molecule has 1 saturated heterocycles. The van der Waals surface area contributed by atoms with Crippen molar-refractivity contribution in [3.05, 3.63) is 0 Å². The van der Waals surface area contributed by atoms with E-state index in [1.807, 2.05) is 0 Å². The quantitative estimate of drug-likeness (QED) is 0.786. The summed E-state index contributed by atoms with van der Waals surface area (Å²) in [5.41, 5.74) is 0.172. The van der Waals surface area contributed by atoms with Crippen molar-refractivity contribution in [1.82, 2.24) is 4.90 Å². The summed E-state index contributed by atoms with van der Waals surface area (Å²) in [5, 5.41) is 11.2. The Morgan fingerprint density at radius 3 is 1.95 bits per heavy atom. The highest BCUT2D eigenvalue weighted by Crippen LogP contribution is 2.44. The number of hydrogen-bond donors (Lipinski definition) is 1. The second-order valence-corrected chi connectivity index (χ2v) is 7.20. The van der Waals surface area contributed by atoms with E-state index in [4.69, 9.17) is 0 Å². The van der Waals surface area contributed by atoms with E-state index in [0.29, 0.717) is 5.92 Å². The van der Waals surface area contributed by atoms with E-state index in [9.17, 15) is 5.11 Å². The minimum Gasteiger partial charge on any atom is -0.391 e. The molecule has 1 heterocycles. The van der Waals surface area contributed by atoms with E-state index in [1.54, 1.807) is 0 Å². The molecule has 2 heteroatoms. The van der Waals surface area contributed by atoms with Crippen molar-refractivity contribution in [2.75, 3.05) is 13.1 Å². The average molecular weight is 265 g/mol. The summed E-state index contributed by atoms with van der Waals surface area (Å²) >= 11 is 0. The molecule has 2 saturated carbocycles. The minimum atomic E-state index is -0.0498. The molecule has 0 amide bonds. The van der Waals surface area contributed by atoms with Gasteiger partial charge in [-0.1, -0.05) is 38.5 Å². The first kappa shape index (κ1) is 13.9. The lowest BCUT2D eigenvalue weighted by Gasteiger charge is -2.45. The zero-order valence-corrected chi connectivity index (χ0v) is 12.4. The number of aliphatic hydroxyl groups excluding tert-OH is 1. The second kappa shape index (κ2) is 6.13. The van der Waals surface area contributed by atoms with Gasteiger partial charge in [0, 0.05) is 5.54 Å². The van der Waals surface area contributed by atoms with Crippen LogP contribution in [0.2, 0.25) is 0 Å². The van der Waals surface area contributed by atoms with E-state index >= 15 is 0 Å². The lowest BCUT2D eigenvalue weighted by Crippen LogP contribution is -2.56. The SMILES string of the molecule is OC(C1CCCCCC1)C1(N2CCCC2)CCCC1. The van der Waals surface area contributed by atoms with Crippen LogP contribution in [-0.4, -0.2) is 34.7 Å². The van der Waals surface area contributed by atoms with Crippen molar-refractivity contribution < 1.29 is 5.11 Å². The van der Waals surface area contributed by atoms with Crippen molar-refractivity contribution in [3.8, 4) is 0 Å². The Morgan fingerprint density at radius 1 is 0.789 bits per heavy atom. The Bertz CT molecular complexity index is 271. The third-order valence-corrected chi connectivity index (χ3v) is 6.10. The third kappa shape index (κ3) is 2.71. The van der Waals surface area contributed by atoms with Crippen LogP contribution in [0.4, 0.5) is 0 Å². The summed E-state index contributed by atoms with van der Waals surface area (Å²) in [6.07, 6.45) is 15.8. The van der Waals surface area contributed by atoms with Gasteiger partial charge in [0.15, 0.2) is 0 Å². The van der Waals surface area contributed by atoms with Gasteiger partial charge in [0.2, 0.25) is 0 Å². The topological polar surface area (TPSA) is 23.5 Å². The molecule has 0 spiro atoms. The smallest absolute Gasteiger partial charge is 0.0751 e. The first-order valence-corrected chi connectivity index (χ1v) is 8.76. The molecule has 0 aromatic rings. The summed E-state index contributed by atoms with van der Waals surface area (Å²) < 4.78 is 0. The van der Waals surface area contributed by atoms with Gasteiger partial charge in [-0.25, -0.2) is 0 Å². The molecule has 2 aliphatic carbocycles. The molecule has 1 unspecified atom stereocenters. The molecule has 1 aliphatic heterocycles. The van der Waals surface area contributed by atoms with Crippen LogP contribution in [0.1, 0.15) is 77.0 Å². The largest absolute Gasteiger partial charge is 0.391 e. The molecule has 3 aliphatic rings. The van der Waals surface area contributed by atoms with Crippen LogP contribution in [0.15, 0.2) is 0 Å². The van der Waals surface area contributed by atoms with Gasteiger partial charge in [0.1, 0.15) is 0 Å². The molecule has 1 atom stereocenters. The normalized spacial score (nSPS) is 31.4. The van der Waals surface area contributed by atoms with Crippen molar-refractivity contribution in [1.29, 1.82) is 0 Å². The highest BCUT2D eigenvalue weighted by atomic mass is 16.3. The standard InChI is InChI=1S/C17H31NO/c19-16(15-9-3-1-2-4-10-15)17(11-5-6-12-17)18-13-7-8-14-18/h15-16,19H,1-14H2. The lowest BCUT2D eigenvalue weighted by molar-refractivity contribution is -0.0536. The van der Waals surface area contributed by atoms with E-state index < -0.39 is 0 Å². The third-order valence-electron chi connectivity index (χ3n) is 6.10. The Kier molecular flexibility index (Phi) is 4.48. The summed E-state index contributed by atoms with van der Waals surface area (Å²) in [5.74, 6) is 0.584. The second-order valence-electron chi connectivity index (χ2n) is 7.20. The van der Waals surface area contributed by atoms with Crippen LogP contribution in [0.25, 0.3) is 0 Å². The van der Waals surface area contributed by atoms with Gasteiger partial charge in [0.25, 0.3) is 0 Å². The number of likely N-dealkylation sites (tertiary alicyclic amines) is 1. The highest BCUT2D eigenvalue weighted by Gasteiger charge is 2.48. The molecular weight excluding hydrogens is 234 g/mol. The molecule has 0 aromatic heterocycles. The van der Waals surface area contributed by atoms with Crippen LogP contribution in [0.5, 0.6) is 0 Å². The van der Waals surface area contributed by atoms with Crippen molar-refractivity contribution in [3.63, 3.8) is 0 Å². The van der Waals surface area contributed by atoms with Gasteiger partial charge < -0.3 is 5.11 Å². The fourth-order valence-electron chi connectivity index (χ4n) is 5.01. The van der Waals surface area contributed by atoms with E-state index in [1.165, 1.54) is 90.1 Å². The molecule has 3 fully saturated rings. The van der Waals surface area contributed by atoms with Gasteiger partial charge >= 0.3 is 0 Å². The zero-order valence-electron chi connectivity index (χ0n) is 12.4. The monoisotopic (exact) mass is 265 g/mol. The summed E-state index contributed by atoms with van der Waals surface area (Å²) in [4.78, 5) is 2.68. The van der Waals surface area contributed by atoms with Crippen LogP contribution in [-0.2, 0) is 0 Å². The molecule has 3 rings (SSSR count). The Hall–Kier alpha value is -0.0800. The number of nitrogens with zero attached hydrogens (tertiary/aromatic N) is 1. The lowest BCUT2D eigenvalue weighted by atomic mass is 9.78. The molecule has 110 valence electrons. The van der Waals surface area contributed by atoms with Crippen LogP contribution in [0, 0.1) is 5.92 Å². The Labute approximate surface area is 118 Å². The van der Waals surface area contributed by atoms with Gasteiger partial charge in [0.05, 0.1) is 6.10 Å². The maximum Gasteiger partial charge on any atom is 0.0751 e. The van der Waals surface area contributed by atoms with E-state index in [2.05, 4.69) is 4.90 Å². The predicted octanol–water partition coefficient (Wildman–Crippen LogP) is 3.73. The van der Waals surface area contributed by atoms with Crippen molar-refractivity contribution in [2.45, 2.75) is 88.7 Å². The van der Waals surface area contributed by atoms with Gasteiger partial charge in [-0.15, -0.1) is 0 Å². The van der Waals surface area contributed by atoms with E-state index in [-0.39, 0.29) is 11.6 Å². The molecular formula is C17H31NO. The Balaban J connectivity index is 1.74. The number of aliphatic hydroxyl groups is 1. The summed E-state index contributed by atoms with van der Waals surface area (Å²) in [6.45, 7) is 2.48. The van der Waals surface area contributed by atoms with Crippen LogP contribution in [0.3, 0.4) is 0 Å². The fraction of sp³-hybridized carbons (Fsp3) is 1.00. The van der Waals surface area contributed by atoms with E-state index in [0.717, 1.165) is 0 Å². The van der Waals surface area contributed by atoms with Gasteiger partial charge in [-0.3, -0.25) is 4.90 Å². The van der Waals surface area contributed by atoms with Crippen molar-refractivity contribution in [2.24, 2.45) is 5.92 Å². The fourth-order valence-corrected chi connectivity index (χ4v) is 5.01. The van der Waals surface area contributed by atoms with Crippen LogP contribution >= 0.6 is 0 Å². The maximum atomic E-state index is 11.2.